The molecule has 170 valence electrons. The van der Waals surface area contributed by atoms with Crippen LogP contribution in [-0.4, -0.2) is 48.9 Å². The van der Waals surface area contributed by atoms with Crippen LogP contribution < -0.4 is 15.5 Å². The van der Waals surface area contributed by atoms with Crippen molar-refractivity contribution in [1.29, 1.82) is 0 Å². The Morgan fingerprint density at radius 3 is 2.34 bits per heavy atom. The lowest BCUT2D eigenvalue weighted by Crippen LogP contribution is -2.44. The average molecular weight is 435 g/mol. The second-order valence-electron chi connectivity index (χ2n) is 8.97. The zero-order valence-corrected chi connectivity index (χ0v) is 19.0. The standard InChI is InChI=1S/C26H34N4O2/c1-20(31)27-23-10-11-24(25(18-23)30-14-6-3-7-15-30)26(32)28-22-12-16-29(17-13-22)19-21-8-4-2-5-9-21/h2,4-5,8-11,18,22H,3,6-7,12-17,19H2,1H3,(H,27,31)(H,28,32). The summed E-state index contributed by atoms with van der Waals surface area (Å²) in [4.78, 5) is 29.5. The van der Waals surface area contributed by atoms with Crippen LogP contribution in [0, 0.1) is 0 Å². The van der Waals surface area contributed by atoms with Crippen molar-refractivity contribution in [2.45, 2.75) is 51.6 Å². The molecule has 0 atom stereocenters. The van der Waals surface area contributed by atoms with E-state index in [1.807, 2.05) is 24.3 Å². The number of rotatable bonds is 6. The summed E-state index contributed by atoms with van der Waals surface area (Å²) in [7, 11) is 0. The summed E-state index contributed by atoms with van der Waals surface area (Å²) in [6.07, 6.45) is 5.41. The number of likely N-dealkylation sites (tertiary alicyclic amines) is 1. The van der Waals surface area contributed by atoms with Crippen LogP contribution in [0.2, 0.25) is 0 Å². The highest BCUT2D eigenvalue weighted by molar-refractivity contribution is 6.01. The summed E-state index contributed by atoms with van der Waals surface area (Å²) in [6, 6.07) is 16.4. The summed E-state index contributed by atoms with van der Waals surface area (Å²) in [5.41, 5.74) is 3.70. The Morgan fingerprint density at radius 2 is 1.66 bits per heavy atom. The first-order valence-electron chi connectivity index (χ1n) is 11.8. The molecule has 2 amide bonds. The van der Waals surface area contributed by atoms with Gasteiger partial charge in [-0.1, -0.05) is 30.3 Å². The maximum absolute atomic E-state index is 13.2. The van der Waals surface area contributed by atoms with Crippen molar-refractivity contribution >= 4 is 23.2 Å². The van der Waals surface area contributed by atoms with E-state index in [0.717, 1.165) is 69.8 Å². The quantitative estimate of drug-likeness (QED) is 0.721. The van der Waals surface area contributed by atoms with Gasteiger partial charge in [-0.15, -0.1) is 0 Å². The Morgan fingerprint density at radius 1 is 0.938 bits per heavy atom. The molecule has 2 aliphatic heterocycles. The number of piperidine rings is 2. The third-order valence-corrected chi connectivity index (χ3v) is 6.43. The van der Waals surface area contributed by atoms with Gasteiger partial charge in [-0.05, 0) is 55.9 Å². The molecule has 6 heteroatoms. The molecular weight excluding hydrogens is 400 g/mol. The van der Waals surface area contributed by atoms with E-state index in [1.165, 1.54) is 18.9 Å². The van der Waals surface area contributed by atoms with Gasteiger partial charge in [0.1, 0.15) is 0 Å². The second kappa shape index (κ2) is 10.6. The summed E-state index contributed by atoms with van der Waals surface area (Å²) in [6.45, 7) is 6.33. The predicted molar refractivity (Wildman–Crippen MR) is 129 cm³/mol. The van der Waals surface area contributed by atoms with E-state index >= 15 is 0 Å². The van der Waals surface area contributed by atoms with Gasteiger partial charge in [0.25, 0.3) is 5.91 Å². The number of carbonyl (C=O) groups is 2. The van der Waals surface area contributed by atoms with Crippen LogP contribution in [0.25, 0.3) is 0 Å². The van der Waals surface area contributed by atoms with Gasteiger partial charge >= 0.3 is 0 Å². The molecule has 2 aromatic carbocycles. The van der Waals surface area contributed by atoms with E-state index in [-0.39, 0.29) is 17.9 Å². The van der Waals surface area contributed by atoms with E-state index in [9.17, 15) is 9.59 Å². The van der Waals surface area contributed by atoms with Crippen LogP contribution >= 0.6 is 0 Å². The molecule has 2 fully saturated rings. The largest absolute Gasteiger partial charge is 0.371 e. The van der Waals surface area contributed by atoms with E-state index in [2.05, 4.69) is 44.7 Å². The van der Waals surface area contributed by atoms with Gasteiger partial charge in [0.15, 0.2) is 0 Å². The lowest BCUT2D eigenvalue weighted by Gasteiger charge is -2.33. The molecule has 2 aliphatic rings. The first-order chi connectivity index (χ1) is 15.6. The van der Waals surface area contributed by atoms with Crippen molar-refractivity contribution in [3.05, 3.63) is 59.7 Å². The van der Waals surface area contributed by atoms with Gasteiger partial charge < -0.3 is 15.5 Å². The molecule has 2 heterocycles. The smallest absolute Gasteiger partial charge is 0.253 e. The molecule has 0 radical (unpaired) electrons. The second-order valence-corrected chi connectivity index (χ2v) is 8.97. The van der Waals surface area contributed by atoms with Crippen LogP contribution in [0.3, 0.4) is 0 Å². The van der Waals surface area contributed by atoms with Gasteiger partial charge in [0.05, 0.1) is 11.3 Å². The number of nitrogens with zero attached hydrogens (tertiary/aromatic N) is 2. The van der Waals surface area contributed by atoms with E-state index in [4.69, 9.17) is 0 Å². The van der Waals surface area contributed by atoms with Crippen LogP contribution in [0.5, 0.6) is 0 Å². The minimum Gasteiger partial charge on any atom is -0.371 e. The third-order valence-electron chi connectivity index (χ3n) is 6.43. The minimum absolute atomic E-state index is 0.0125. The molecular formula is C26H34N4O2. The normalized spacial score (nSPS) is 17.7. The maximum atomic E-state index is 13.2. The number of anilines is 2. The molecule has 0 unspecified atom stereocenters. The third kappa shape index (κ3) is 5.88. The van der Waals surface area contributed by atoms with Crippen molar-refractivity contribution in [3.8, 4) is 0 Å². The van der Waals surface area contributed by atoms with Crippen molar-refractivity contribution in [2.75, 3.05) is 36.4 Å². The van der Waals surface area contributed by atoms with Crippen molar-refractivity contribution < 1.29 is 9.59 Å². The summed E-state index contributed by atoms with van der Waals surface area (Å²) in [5.74, 6) is -0.115. The Labute approximate surface area is 191 Å². The number of carbonyl (C=O) groups excluding carboxylic acids is 2. The Balaban J connectivity index is 1.39. The molecule has 0 aliphatic carbocycles. The van der Waals surface area contributed by atoms with Gasteiger partial charge in [0, 0.05) is 51.4 Å². The molecule has 0 saturated carbocycles. The van der Waals surface area contributed by atoms with Gasteiger partial charge in [0.2, 0.25) is 5.91 Å². The predicted octanol–water partition coefficient (Wildman–Crippen LogP) is 4.03. The summed E-state index contributed by atoms with van der Waals surface area (Å²) in [5, 5.41) is 6.13. The number of hydrogen-bond donors (Lipinski definition) is 2. The first-order valence-corrected chi connectivity index (χ1v) is 11.8. The van der Waals surface area contributed by atoms with Crippen LogP contribution in [0.1, 0.15) is 54.9 Å². The van der Waals surface area contributed by atoms with Crippen LogP contribution in [-0.2, 0) is 11.3 Å². The Kier molecular flexibility index (Phi) is 7.43. The highest BCUT2D eigenvalue weighted by Crippen LogP contribution is 2.28. The zero-order valence-electron chi connectivity index (χ0n) is 19.0. The maximum Gasteiger partial charge on any atom is 0.253 e. The fourth-order valence-corrected chi connectivity index (χ4v) is 4.74. The SMILES string of the molecule is CC(=O)Nc1ccc(C(=O)NC2CCN(Cc3ccccc3)CC2)c(N2CCCCC2)c1. The number of nitrogens with one attached hydrogen (secondary N) is 2. The molecule has 2 saturated heterocycles. The van der Waals surface area contributed by atoms with Gasteiger partial charge in [-0.2, -0.15) is 0 Å². The highest BCUT2D eigenvalue weighted by atomic mass is 16.2. The van der Waals surface area contributed by atoms with Crippen molar-refractivity contribution in [2.24, 2.45) is 0 Å². The fraction of sp³-hybridized carbons (Fsp3) is 0.462. The lowest BCUT2D eigenvalue weighted by molar-refractivity contribution is -0.114. The zero-order chi connectivity index (χ0) is 22.3. The molecule has 2 N–H and O–H groups in total. The van der Waals surface area contributed by atoms with E-state index < -0.39 is 0 Å². The molecule has 32 heavy (non-hydrogen) atoms. The molecule has 0 aromatic heterocycles. The van der Waals surface area contributed by atoms with Crippen molar-refractivity contribution in [3.63, 3.8) is 0 Å². The first kappa shape index (κ1) is 22.3. The van der Waals surface area contributed by atoms with Gasteiger partial charge in [-0.25, -0.2) is 0 Å². The molecule has 0 spiro atoms. The Bertz CT molecular complexity index is 917. The molecule has 2 aromatic rings. The molecule has 4 rings (SSSR count). The van der Waals surface area contributed by atoms with E-state index in [1.54, 1.807) is 0 Å². The summed E-state index contributed by atoms with van der Waals surface area (Å²) < 4.78 is 0. The van der Waals surface area contributed by atoms with Crippen molar-refractivity contribution in [1.82, 2.24) is 10.2 Å². The summed E-state index contributed by atoms with van der Waals surface area (Å²) >= 11 is 0. The molecule has 0 bridgehead atoms. The van der Waals surface area contributed by atoms with Crippen LogP contribution in [0.4, 0.5) is 11.4 Å². The average Bonchev–Trinajstić information content (AvgIpc) is 2.81. The van der Waals surface area contributed by atoms with E-state index in [0.29, 0.717) is 5.56 Å². The minimum atomic E-state index is -0.103. The fourth-order valence-electron chi connectivity index (χ4n) is 4.74. The molecule has 6 nitrogen and oxygen atoms in total. The lowest BCUT2D eigenvalue weighted by atomic mass is 10.0. The number of benzene rings is 2. The highest BCUT2D eigenvalue weighted by Gasteiger charge is 2.24. The Hall–Kier alpha value is -2.86. The van der Waals surface area contributed by atoms with Crippen LogP contribution in [0.15, 0.2) is 48.5 Å². The number of hydrogen-bond acceptors (Lipinski definition) is 4. The monoisotopic (exact) mass is 434 g/mol. The number of amides is 2. The topological polar surface area (TPSA) is 64.7 Å². The van der Waals surface area contributed by atoms with Gasteiger partial charge in [-0.3, -0.25) is 14.5 Å².